The molecule has 0 spiro atoms. The van der Waals surface area contributed by atoms with E-state index in [0.717, 1.165) is 12.3 Å². The lowest BCUT2D eigenvalue weighted by atomic mass is 10.2. The molecule has 0 fully saturated rings. The summed E-state index contributed by atoms with van der Waals surface area (Å²) in [4.78, 5) is 27.3. The largest absolute Gasteiger partial charge is 0.467 e. The number of ether oxygens (including phenoxy) is 2. The third-order valence-corrected chi connectivity index (χ3v) is 3.25. The number of esters is 1. The van der Waals surface area contributed by atoms with Crippen molar-refractivity contribution in [2.24, 2.45) is 0 Å². The van der Waals surface area contributed by atoms with Gasteiger partial charge >= 0.3 is 12.1 Å². The lowest BCUT2D eigenvalue weighted by Gasteiger charge is -2.11. The topological polar surface area (TPSA) is 77.5 Å². The first-order valence-corrected chi connectivity index (χ1v) is 7.42. The van der Waals surface area contributed by atoms with Crippen LogP contribution in [0.25, 0.3) is 0 Å². The SMILES string of the molecule is COC(=O)c1cccc(NC(=O)c2cnc(OCC(F)(F)F)c(Cl)c2)c1. The molecule has 10 heteroatoms. The van der Waals surface area contributed by atoms with Gasteiger partial charge in [-0.05, 0) is 24.3 Å². The minimum absolute atomic E-state index is 0.00201. The Balaban J connectivity index is 2.10. The van der Waals surface area contributed by atoms with Crippen LogP contribution in [0.15, 0.2) is 36.5 Å². The molecule has 2 rings (SSSR count). The number of rotatable bonds is 5. The third kappa shape index (κ3) is 5.35. The fraction of sp³-hybridized carbons (Fsp3) is 0.188. The summed E-state index contributed by atoms with van der Waals surface area (Å²) in [6.07, 6.45) is -3.51. The summed E-state index contributed by atoms with van der Waals surface area (Å²) in [6.45, 7) is -1.55. The summed E-state index contributed by atoms with van der Waals surface area (Å²) in [5.74, 6) is -1.63. The fourth-order valence-corrected chi connectivity index (χ4v) is 2.07. The predicted octanol–water partition coefficient (Wildman–Crippen LogP) is 3.72. The molecule has 0 bridgehead atoms. The van der Waals surface area contributed by atoms with Crippen LogP contribution in [0, 0.1) is 0 Å². The van der Waals surface area contributed by atoms with Gasteiger partial charge in [0.05, 0.1) is 18.2 Å². The van der Waals surface area contributed by atoms with E-state index in [9.17, 15) is 22.8 Å². The van der Waals surface area contributed by atoms with Crippen LogP contribution in [0.5, 0.6) is 5.88 Å². The molecule has 1 aromatic carbocycles. The molecule has 0 aliphatic rings. The van der Waals surface area contributed by atoms with Gasteiger partial charge in [-0.3, -0.25) is 4.79 Å². The normalized spacial score (nSPS) is 11.0. The van der Waals surface area contributed by atoms with Gasteiger partial charge in [-0.1, -0.05) is 17.7 Å². The zero-order chi connectivity index (χ0) is 19.3. The minimum atomic E-state index is -4.54. The number of nitrogens with one attached hydrogen (secondary N) is 1. The number of nitrogens with zero attached hydrogens (tertiary/aromatic N) is 1. The Morgan fingerprint density at radius 3 is 2.58 bits per heavy atom. The van der Waals surface area contributed by atoms with Crippen molar-refractivity contribution >= 4 is 29.2 Å². The summed E-state index contributed by atoms with van der Waals surface area (Å²) in [7, 11) is 1.23. The van der Waals surface area contributed by atoms with E-state index in [1.165, 1.54) is 19.2 Å². The number of carbonyl (C=O) groups excluding carboxylic acids is 2. The molecule has 1 amide bonds. The molecule has 0 saturated carbocycles. The van der Waals surface area contributed by atoms with Gasteiger partial charge in [0.2, 0.25) is 5.88 Å². The first kappa shape index (κ1) is 19.5. The number of hydrogen-bond donors (Lipinski definition) is 1. The van der Waals surface area contributed by atoms with E-state index in [-0.39, 0.29) is 16.1 Å². The number of carbonyl (C=O) groups is 2. The van der Waals surface area contributed by atoms with Crippen molar-refractivity contribution in [3.8, 4) is 5.88 Å². The first-order chi connectivity index (χ1) is 12.2. The van der Waals surface area contributed by atoms with E-state index in [1.54, 1.807) is 12.1 Å². The Morgan fingerprint density at radius 2 is 1.96 bits per heavy atom. The van der Waals surface area contributed by atoms with Gasteiger partial charge < -0.3 is 14.8 Å². The van der Waals surface area contributed by atoms with Gasteiger partial charge in [-0.2, -0.15) is 13.2 Å². The van der Waals surface area contributed by atoms with E-state index in [4.69, 9.17) is 11.6 Å². The highest BCUT2D eigenvalue weighted by atomic mass is 35.5. The molecule has 0 atom stereocenters. The maximum Gasteiger partial charge on any atom is 0.422 e. The molecular weight excluding hydrogens is 377 g/mol. The molecule has 1 N–H and O–H groups in total. The Bertz CT molecular complexity index is 827. The number of halogens is 4. The van der Waals surface area contributed by atoms with Gasteiger partial charge in [0.15, 0.2) is 6.61 Å². The van der Waals surface area contributed by atoms with Crippen molar-refractivity contribution in [3.05, 3.63) is 52.7 Å². The third-order valence-electron chi connectivity index (χ3n) is 2.98. The molecule has 2 aromatic rings. The molecule has 0 unspecified atom stereocenters. The number of aromatic nitrogens is 1. The van der Waals surface area contributed by atoms with Crippen LogP contribution in [-0.2, 0) is 4.74 Å². The number of amides is 1. The maximum atomic E-state index is 12.2. The van der Waals surface area contributed by atoms with Gasteiger partial charge in [-0.25, -0.2) is 9.78 Å². The zero-order valence-electron chi connectivity index (χ0n) is 13.3. The van der Waals surface area contributed by atoms with Crippen LogP contribution >= 0.6 is 11.6 Å². The summed E-state index contributed by atoms with van der Waals surface area (Å²) < 4.78 is 45.5. The standard InChI is InChI=1S/C16H12ClF3N2O4/c1-25-15(24)9-3-2-4-11(5-9)22-13(23)10-6-12(17)14(21-7-10)26-8-16(18,19)20/h2-7H,8H2,1H3,(H,22,23). The van der Waals surface area contributed by atoms with Gasteiger partial charge in [0, 0.05) is 11.9 Å². The minimum Gasteiger partial charge on any atom is -0.467 e. The number of alkyl halides is 3. The van der Waals surface area contributed by atoms with E-state index >= 15 is 0 Å². The Kier molecular flexibility index (Phi) is 6.04. The fourth-order valence-electron chi connectivity index (χ4n) is 1.85. The highest BCUT2D eigenvalue weighted by molar-refractivity contribution is 6.32. The number of hydrogen-bond acceptors (Lipinski definition) is 5. The number of benzene rings is 1. The van der Waals surface area contributed by atoms with Crippen LogP contribution in [0.1, 0.15) is 20.7 Å². The van der Waals surface area contributed by atoms with Crippen LogP contribution in [0.2, 0.25) is 5.02 Å². The summed E-state index contributed by atoms with van der Waals surface area (Å²) in [5.41, 5.74) is 0.543. The predicted molar refractivity (Wildman–Crippen MR) is 86.5 cm³/mol. The van der Waals surface area contributed by atoms with Gasteiger partial charge in [0.1, 0.15) is 5.02 Å². The smallest absolute Gasteiger partial charge is 0.422 e. The van der Waals surface area contributed by atoms with Gasteiger partial charge in [-0.15, -0.1) is 0 Å². The van der Waals surface area contributed by atoms with Crippen LogP contribution in [-0.4, -0.2) is 36.8 Å². The molecule has 0 saturated heterocycles. The lowest BCUT2D eigenvalue weighted by molar-refractivity contribution is -0.154. The first-order valence-electron chi connectivity index (χ1n) is 7.04. The lowest BCUT2D eigenvalue weighted by Crippen LogP contribution is -2.20. The second kappa shape index (κ2) is 8.05. The quantitative estimate of drug-likeness (QED) is 0.790. The highest BCUT2D eigenvalue weighted by Crippen LogP contribution is 2.25. The molecule has 6 nitrogen and oxygen atoms in total. The summed E-state index contributed by atoms with van der Waals surface area (Å²) in [6, 6.07) is 7.12. The number of pyridine rings is 1. The molecular formula is C16H12ClF3N2O4. The van der Waals surface area contributed by atoms with E-state index in [1.807, 2.05) is 0 Å². The Hall–Kier alpha value is -2.81. The maximum absolute atomic E-state index is 12.2. The Morgan fingerprint density at radius 1 is 1.23 bits per heavy atom. The van der Waals surface area contributed by atoms with Crippen molar-refractivity contribution in [3.63, 3.8) is 0 Å². The molecule has 1 aromatic heterocycles. The van der Waals surface area contributed by atoms with Crippen LogP contribution in [0.4, 0.5) is 18.9 Å². The van der Waals surface area contributed by atoms with E-state index in [2.05, 4.69) is 19.8 Å². The zero-order valence-corrected chi connectivity index (χ0v) is 14.0. The number of anilines is 1. The van der Waals surface area contributed by atoms with Crippen molar-refractivity contribution in [2.45, 2.75) is 6.18 Å². The average molecular weight is 389 g/mol. The van der Waals surface area contributed by atoms with Crippen molar-refractivity contribution in [2.75, 3.05) is 19.0 Å². The average Bonchev–Trinajstić information content (AvgIpc) is 2.59. The van der Waals surface area contributed by atoms with Crippen molar-refractivity contribution in [1.29, 1.82) is 0 Å². The summed E-state index contributed by atoms with van der Waals surface area (Å²) >= 11 is 5.79. The monoisotopic (exact) mass is 388 g/mol. The van der Waals surface area contributed by atoms with Crippen LogP contribution < -0.4 is 10.1 Å². The van der Waals surface area contributed by atoms with Crippen molar-refractivity contribution in [1.82, 2.24) is 4.98 Å². The number of methoxy groups -OCH3 is 1. The highest BCUT2D eigenvalue weighted by Gasteiger charge is 2.29. The molecule has 138 valence electrons. The second-order valence-electron chi connectivity index (χ2n) is 4.94. The molecule has 0 radical (unpaired) electrons. The van der Waals surface area contributed by atoms with Crippen LogP contribution in [0.3, 0.4) is 0 Å². The summed E-state index contributed by atoms with van der Waals surface area (Å²) in [5, 5.41) is 2.27. The second-order valence-corrected chi connectivity index (χ2v) is 5.35. The Labute approximate surface area is 150 Å². The van der Waals surface area contributed by atoms with Gasteiger partial charge in [0.25, 0.3) is 5.91 Å². The van der Waals surface area contributed by atoms with E-state index in [0.29, 0.717) is 5.69 Å². The molecule has 0 aliphatic carbocycles. The molecule has 26 heavy (non-hydrogen) atoms. The van der Waals surface area contributed by atoms with Crippen molar-refractivity contribution < 1.29 is 32.2 Å². The molecule has 1 heterocycles. The molecule has 0 aliphatic heterocycles. The van der Waals surface area contributed by atoms with E-state index < -0.39 is 30.5 Å².